The summed E-state index contributed by atoms with van der Waals surface area (Å²) in [5, 5.41) is 9.82. The van der Waals surface area contributed by atoms with Crippen LogP contribution in [0.1, 0.15) is 39.3 Å². The molecule has 1 N–H and O–H groups in total. The van der Waals surface area contributed by atoms with Gasteiger partial charge in [-0.05, 0) is 39.4 Å². The molecule has 18 heavy (non-hydrogen) atoms. The molecule has 0 bridgehead atoms. The van der Waals surface area contributed by atoms with Crippen LogP contribution in [0.5, 0.6) is 0 Å². The van der Waals surface area contributed by atoms with E-state index in [2.05, 4.69) is 0 Å². The minimum absolute atomic E-state index is 0.0589. The molecule has 0 heterocycles. The van der Waals surface area contributed by atoms with Crippen molar-refractivity contribution in [2.75, 3.05) is 13.1 Å². The van der Waals surface area contributed by atoms with Crippen molar-refractivity contribution < 1.29 is 13.9 Å². The van der Waals surface area contributed by atoms with Crippen molar-refractivity contribution in [3.05, 3.63) is 35.4 Å². The molecule has 0 fully saturated rings. The summed E-state index contributed by atoms with van der Waals surface area (Å²) in [5.74, 6) is -1.09. The first-order valence-electron chi connectivity index (χ1n) is 6.16. The van der Waals surface area contributed by atoms with E-state index in [-0.39, 0.29) is 5.56 Å². The molecule has 1 aromatic carbocycles. The molecule has 1 atom stereocenters. The third-order valence-electron chi connectivity index (χ3n) is 2.96. The zero-order valence-electron chi connectivity index (χ0n) is 11.4. The lowest BCUT2D eigenvalue weighted by molar-refractivity contribution is 0.0238. The van der Waals surface area contributed by atoms with Gasteiger partial charge in [0.05, 0.1) is 5.60 Å². The van der Waals surface area contributed by atoms with E-state index in [1.54, 1.807) is 20.8 Å². The lowest BCUT2D eigenvalue weighted by Gasteiger charge is -2.33. The number of aliphatic hydroxyl groups is 1. The zero-order chi connectivity index (χ0) is 13.9. The van der Waals surface area contributed by atoms with E-state index in [1.165, 1.54) is 18.2 Å². The van der Waals surface area contributed by atoms with Gasteiger partial charge in [0.1, 0.15) is 11.6 Å². The number of likely N-dealkylation sites (N-methyl/N-ethyl adjacent to an activating group) is 1. The van der Waals surface area contributed by atoms with E-state index in [9.17, 15) is 13.9 Å². The highest BCUT2D eigenvalue weighted by Gasteiger charge is 2.25. The summed E-state index contributed by atoms with van der Waals surface area (Å²) in [6.07, 6.45) is 0. The van der Waals surface area contributed by atoms with Crippen LogP contribution in [-0.4, -0.2) is 28.7 Å². The van der Waals surface area contributed by atoms with Crippen LogP contribution in [0, 0.1) is 11.6 Å². The van der Waals surface area contributed by atoms with E-state index in [4.69, 9.17) is 0 Å². The summed E-state index contributed by atoms with van der Waals surface area (Å²) in [6, 6.07) is 3.45. The quantitative estimate of drug-likeness (QED) is 0.876. The van der Waals surface area contributed by atoms with E-state index >= 15 is 0 Å². The van der Waals surface area contributed by atoms with Crippen molar-refractivity contribution >= 4 is 0 Å². The van der Waals surface area contributed by atoms with Gasteiger partial charge >= 0.3 is 0 Å². The molecule has 2 nitrogen and oxygen atoms in total. The second-order valence-corrected chi connectivity index (χ2v) is 5.19. The molecule has 0 aliphatic heterocycles. The van der Waals surface area contributed by atoms with Gasteiger partial charge in [-0.2, -0.15) is 0 Å². The van der Waals surface area contributed by atoms with Crippen LogP contribution in [0.25, 0.3) is 0 Å². The summed E-state index contributed by atoms with van der Waals surface area (Å²) in [4.78, 5) is 1.85. The van der Waals surface area contributed by atoms with Crippen molar-refractivity contribution in [1.29, 1.82) is 0 Å². The molecule has 4 heteroatoms. The van der Waals surface area contributed by atoms with Gasteiger partial charge in [0.25, 0.3) is 0 Å². The molecule has 0 radical (unpaired) electrons. The summed E-state index contributed by atoms with van der Waals surface area (Å²) >= 11 is 0. The normalized spacial score (nSPS) is 14.0. The first-order chi connectivity index (χ1) is 8.26. The molecule has 0 spiro atoms. The highest BCUT2D eigenvalue weighted by molar-refractivity contribution is 5.23. The summed E-state index contributed by atoms with van der Waals surface area (Å²) < 4.78 is 27.4. The highest BCUT2D eigenvalue weighted by atomic mass is 19.1. The Labute approximate surface area is 107 Å². The van der Waals surface area contributed by atoms with Crippen molar-refractivity contribution in [2.45, 2.75) is 39.3 Å². The SMILES string of the molecule is CCN(CC(C)(C)O)C(C)c1c(F)cccc1F. The van der Waals surface area contributed by atoms with Crippen molar-refractivity contribution in [1.82, 2.24) is 4.90 Å². The highest BCUT2D eigenvalue weighted by Crippen LogP contribution is 2.26. The third-order valence-corrected chi connectivity index (χ3v) is 2.96. The third kappa shape index (κ3) is 3.75. The molecule has 0 saturated heterocycles. The van der Waals surface area contributed by atoms with E-state index in [0.717, 1.165) is 0 Å². The molecule has 102 valence electrons. The van der Waals surface area contributed by atoms with Gasteiger partial charge in [0.2, 0.25) is 0 Å². The van der Waals surface area contributed by atoms with Gasteiger partial charge in [-0.15, -0.1) is 0 Å². The van der Waals surface area contributed by atoms with Crippen molar-refractivity contribution in [2.24, 2.45) is 0 Å². The standard InChI is InChI=1S/C14H21F2NO/c1-5-17(9-14(3,4)18)10(2)13-11(15)7-6-8-12(13)16/h6-8,10,18H,5,9H2,1-4H3. The Balaban J connectivity index is 3.00. The maximum atomic E-state index is 13.7. The van der Waals surface area contributed by atoms with E-state index in [0.29, 0.717) is 13.1 Å². The Morgan fingerprint density at radius 1 is 1.28 bits per heavy atom. The largest absolute Gasteiger partial charge is 0.389 e. The van der Waals surface area contributed by atoms with Crippen LogP contribution >= 0.6 is 0 Å². The van der Waals surface area contributed by atoms with E-state index < -0.39 is 23.3 Å². The molecule has 0 aliphatic rings. The average molecular weight is 257 g/mol. The van der Waals surface area contributed by atoms with Gasteiger partial charge in [0.15, 0.2) is 0 Å². The van der Waals surface area contributed by atoms with Gasteiger partial charge < -0.3 is 5.11 Å². The van der Waals surface area contributed by atoms with Gasteiger partial charge in [-0.25, -0.2) is 8.78 Å². The van der Waals surface area contributed by atoms with Crippen LogP contribution in [-0.2, 0) is 0 Å². The van der Waals surface area contributed by atoms with Crippen LogP contribution < -0.4 is 0 Å². The maximum Gasteiger partial charge on any atom is 0.130 e. The Bertz CT molecular complexity index is 381. The average Bonchev–Trinajstić information content (AvgIpc) is 2.24. The van der Waals surface area contributed by atoms with Gasteiger partial charge in [-0.1, -0.05) is 13.0 Å². The Morgan fingerprint density at radius 3 is 2.17 bits per heavy atom. The predicted octanol–water partition coefficient (Wildman–Crippen LogP) is 3.12. The Hall–Kier alpha value is -1.00. The fraction of sp³-hybridized carbons (Fsp3) is 0.571. The molecular formula is C14H21F2NO. The Morgan fingerprint density at radius 2 is 1.78 bits per heavy atom. The first-order valence-corrected chi connectivity index (χ1v) is 6.16. The van der Waals surface area contributed by atoms with Crippen LogP contribution in [0.3, 0.4) is 0 Å². The first kappa shape index (κ1) is 15.1. The minimum atomic E-state index is -0.897. The van der Waals surface area contributed by atoms with Crippen LogP contribution in [0.4, 0.5) is 8.78 Å². The topological polar surface area (TPSA) is 23.5 Å². The molecule has 1 rings (SSSR count). The molecule has 0 saturated carbocycles. The lowest BCUT2D eigenvalue weighted by atomic mass is 10.0. The summed E-state index contributed by atoms with van der Waals surface area (Å²) in [5.41, 5.74) is -0.838. The fourth-order valence-corrected chi connectivity index (χ4v) is 2.11. The number of rotatable bonds is 5. The molecule has 1 unspecified atom stereocenters. The second kappa shape index (κ2) is 5.76. The van der Waals surface area contributed by atoms with Crippen LogP contribution in [0.2, 0.25) is 0 Å². The summed E-state index contributed by atoms with van der Waals surface area (Å²) in [7, 11) is 0. The van der Waals surface area contributed by atoms with E-state index in [1.807, 2.05) is 11.8 Å². The zero-order valence-corrected chi connectivity index (χ0v) is 11.4. The monoisotopic (exact) mass is 257 g/mol. The summed E-state index contributed by atoms with van der Waals surface area (Å²) in [6.45, 7) is 7.98. The number of benzene rings is 1. The number of nitrogens with zero attached hydrogens (tertiary/aromatic N) is 1. The molecular weight excluding hydrogens is 236 g/mol. The fourth-order valence-electron chi connectivity index (χ4n) is 2.11. The maximum absolute atomic E-state index is 13.7. The number of halogens is 2. The number of hydrogen-bond acceptors (Lipinski definition) is 2. The minimum Gasteiger partial charge on any atom is -0.389 e. The molecule has 0 aliphatic carbocycles. The van der Waals surface area contributed by atoms with Gasteiger partial charge in [0, 0.05) is 18.2 Å². The lowest BCUT2D eigenvalue weighted by Crippen LogP contribution is -2.40. The van der Waals surface area contributed by atoms with Crippen LogP contribution in [0.15, 0.2) is 18.2 Å². The Kier molecular flexibility index (Phi) is 4.82. The smallest absolute Gasteiger partial charge is 0.130 e. The van der Waals surface area contributed by atoms with Crippen molar-refractivity contribution in [3.8, 4) is 0 Å². The molecule has 0 amide bonds. The number of hydrogen-bond donors (Lipinski definition) is 1. The predicted molar refractivity (Wildman–Crippen MR) is 68.3 cm³/mol. The molecule has 1 aromatic rings. The van der Waals surface area contributed by atoms with Gasteiger partial charge in [-0.3, -0.25) is 4.90 Å². The van der Waals surface area contributed by atoms with Crippen molar-refractivity contribution in [3.63, 3.8) is 0 Å². The second-order valence-electron chi connectivity index (χ2n) is 5.19. The molecule has 0 aromatic heterocycles.